The molecule has 0 aromatic carbocycles. The van der Waals surface area contributed by atoms with Gasteiger partial charge in [0.15, 0.2) is 5.69 Å². The third-order valence-corrected chi connectivity index (χ3v) is 3.53. The number of hydrogen-bond acceptors (Lipinski definition) is 4. The average molecular weight is 288 g/mol. The van der Waals surface area contributed by atoms with Gasteiger partial charge in [-0.15, -0.1) is 0 Å². The number of aromatic nitrogens is 3. The predicted octanol–water partition coefficient (Wildman–Crippen LogP) is 2.17. The highest BCUT2D eigenvalue weighted by molar-refractivity contribution is 5.85. The quantitative estimate of drug-likeness (QED) is 0.881. The molecule has 2 aromatic heterocycles. The molecule has 0 aliphatic rings. The Labute approximate surface area is 123 Å². The number of carbonyl (C=O) groups is 1. The van der Waals surface area contributed by atoms with Crippen molar-refractivity contribution in [2.24, 2.45) is 7.05 Å². The summed E-state index contributed by atoms with van der Waals surface area (Å²) in [6.07, 6.45) is 0.810. The van der Waals surface area contributed by atoms with E-state index < -0.39 is 5.97 Å². The second-order valence-corrected chi connectivity index (χ2v) is 5.24. The molecule has 2 N–H and O–H groups in total. The van der Waals surface area contributed by atoms with E-state index in [1.54, 1.807) is 12.1 Å². The van der Waals surface area contributed by atoms with E-state index in [1.807, 2.05) is 32.5 Å². The molecule has 2 rings (SSSR count). The minimum atomic E-state index is -1.02. The van der Waals surface area contributed by atoms with Crippen LogP contribution in [0, 0.1) is 13.8 Å². The fraction of sp³-hybridized carbons (Fsp3) is 0.400. The molecule has 2 aromatic rings. The molecule has 1 atom stereocenters. The Morgan fingerprint density at radius 1 is 1.43 bits per heavy atom. The van der Waals surface area contributed by atoms with Crippen LogP contribution in [0.5, 0.6) is 0 Å². The van der Waals surface area contributed by atoms with Gasteiger partial charge in [0.05, 0.1) is 5.69 Å². The van der Waals surface area contributed by atoms with Crippen molar-refractivity contribution >= 4 is 11.8 Å². The molecular formula is C15H20N4O2. The van der Waals surface area contributed by atoms with Crippen LogP contribution in [-0.2, 0) is 13.5 Å². The summed E-state index contributed by atoms with van der Waals surface area (Å²) in [6.45, 7) is 6.09. The topological polar surface area (TPSA) is 80.0 Å². The van der Waals surface area contributed by atoms with Crippen molar-refractivity contribution in [3.05, 3.63) is 40.8 Å². The molecule has 112 valence electrons. The molecule has 0 saturated carbocycles. The SMILES string of the molecule is Cc1nn(C)c(C)c1CC(C)Nc1cccc(C(=O)O)n1. The zero-order chi connectivity index (χ0) is 15.6. The van der Waals surface area contributed by atoms with Gasteiger partial charge >= 0.3 is 5.97 Å². The largest absolute Gasteiger partial charge is 0.477 e. The lowest BCUT2D eigenvalue weighted by molar-refractivity contribution is 0.0690. The van der Waals surface area contributed by atoms with Crippen LogP contribution in [0.4, 0.5) is 5.82 Å². The molecule has 21 heavy (non-hydrogen) atoms. The molecule has 0 amide bonds. The third kappa shape index (κ3) is 3.39. The Morgan fingerprint density at radius 3 is 2.71 bits per heavy atom. The number of carboxylic acids is 1. The van der Waals surface area contributed by atoms with Gasteiger partial charge in [0.1, 0.15) is 5.82 Å². The van der Waals surface area contributed by atoms with Crippen LogP contribution in [0.3, 0.4) is 0 Å². The molecule has 6 nitrogen and oxygen atoms in total. The number of anilines is 1. The normalized spacial score (nSPS) is 12.2. The summed E-state index contributed by atoms with van der Waals surface area (Å²) in [5.74, 6) is -0.452. The summed E-state index contributed by atoms with van der Waals surface area (Å²) in [5, 5.41) is 16.6. The summed E-state index contributed by atoms with van der Waals surface area (Å²) < 4.78 is 1.88. The first-order chi connectivity index (χ1) is 9.88. The number of rotatable bonds is 5. The van der Waals surface area contributed by atoms with E-state index in [1.165, 1.54) is 11.6 Å². The van der Waals surface area contributed by atoms with Crippen molar-refractivity contribution in [1.82, 2.24) is 14.8 Å². The standard InChI is InChI=1S/C15H20N4O2/c1-9(8-12-10(2)18-19(4)11(12)3)16-14-7-5-6-13(17-14)15(20)21/h5-7,9H,8H2,1-4H3,(H,16,17)(H,20,21). The van der Waals surface area contributed by atoms with Crippen molar-refractivity contribution in [2.45, 2.75) is 33.2 Å². The van der Waals surface area contributed by atoms with Crippen molar-refractivity contribution in [3.8, 4) is 0 Å². The highest BCUT2D eigenvalue weighted by Gasteiger charge is 2.14. The summed E-state index contributed by atoms with van der Waals surface area (Å²) in [4.78, 5) is 15.0. The number of nitrogens with one attached hydrogen (secondary N) is 1. The Kier molecular flexibility index (Phi) is 4.26. The van der Waals surface area contributed by atoms with Crippen LogP contribution in [-0.4, -0.2) is 31.9 Å². The van der Waals surface area contributed by atoms with Crippen LogP contribution >= 0.6 is 0 Å². The maximum Gasteiger partial charge on any atom is 0.354 e. The van der Waals surface area contributed by atoms with Crippen LogP contribution < -0.4 is 5.32 Å². The molecule has 0 saturated heterocycles. The first-order valence-corrected chi connectivity index (χ1v) is 6.84. The monoisotopic (exact) mass is 288 g/mol. The zero-order valence-electron chi connectivity index (χ0n) is 12.7. The van der Waals surface area contributed by atoms with Crippen LogP contribution in [0.25, 0.3) is 0 Å². The van der Waals surface area contributed by atoms with Gasteiger partial charge in [-0.3, -0.25) is 4.68 Å². The molecule has 6 heteroatoms. The number of aromatic carboxylic acids is 1. The molecule has 0 aliphatic carbocycles. The van der Waals surface area contributed by atoms with E-state index in [0.717, 1.165) is 17.8 Å². The number of pyridine rings is 1. The first-order valence-electron chi connectivity index (χ1n) is 6.84. The lowest BCUT2D eigenvalue weighted by Crippen LogP contribution is -2.20. The predicted molar refractivity (Wildman–Crippen MR) is 80.7 cm³/mol. The van der Waals surface area contributed by atoms with Gasteiger partial charge in [-0.2, -0.15) is 5.10 Å². The molecule has 0 fully saturated rings. The van der Waals surface area contributed by atoms with E-state index in [9.17, 15) is 4.79 Å². The minimum absolute atomic E-state index is 0.0425. The maximum atomic E-state index is 10.9. The average Bonchev–Trinajstić information content (AvgIpc) is 2.65. The van der Waals surface area contributed by atoms with Gasteiger partial charge in [0.25, 0.3) is 0 Å². The lowest BCUT2D eigenvalue weighted by atomic mass is 10.1. The molecule has 2 heterocycles. The molecular weight excluding hydrogens is 268 g/mol. The van der Waals surface area contributed by atoms with E-state index in [0.29, 0.717) is 5.82 Å². The van der Waals surface area contributed by atoms with E-state index in [2.05, 4.69) is 15.4 Å². The smallest absolute Gasteiger partial charge is 0.354 e. The fourth-order valence-corrected chi connectivity index (χ4v) is 2.36. The lowest BCUT2D eigenvalue weighted by Gasteiger charge is -2.15. The fourth-order valence-electron chi connectivity index (χ4n) is 2.36. The van der Waals surface area contributed by atoms with Crippen LogP contribution in [0.2, 0.25) is 0 Å². The van der Waals surface area contributed by atoms with Crippen LogP contribution in [0.15, 0.2) is 18.2 Å². The second kappa shape index (κ2) is 5.95. The Morgan fingerprint density at radius 2 is 2.14 bits per heavy atom. The molecule has 0 radical (unpaired) electrons. The highest BCUT2D eigenvalue weighted by Crippen LogP contribution is 2.16. The Hall–Kier alpha value is -2.37. The molecule has 0 spiro atoms. The second-order valence-electron chi connectivity index (χ2n) is 5.24. The summed E-state index contributed by atoms with van der Waals surface area (Å²) in [6, 6.07) is 5.06. The van der Waals surface area contributed by atoms with Gasteiger partial charge in [0.2, 0.25) is 0 Å². The molecule has 1 unspecified atom stereocenters. The summed E-state index contributed by atoms with van der Waals surface area (Å²) >= 11 is 0. The highest BCUT2D eigenvalue weighted by atomic mass is 16.4. The van der Waals surface area contributed by atoms with Crippen molar-refractivity contribution in [2.75, 3.05) is 5.32 Å². The van der Waals surface area contributed by atoms with Crippen LogP contribution in [0.1, 0.15) is 34.4 Å². The third-order valence-electron chi connectivity index (χ3n) is 3.53. The number of carboxylic acid groups (broad SMARTS) is 1. The summed E-state index contributed by atoms with van der Waals surface area (Å²) in [7, 11) is 1.93. The summed E-state index contributed by atoms with van der Waals surface area (Å²) in [5.41, 5.74) is 3.43. The maximum absolute atomic E-state index is 10.9. The Balaban J connectivity index is 2.09. The number of aryl methyl sites for hydroxylation is 2. The Bertz CT molecular complexity index is 664. The van der Waals surface area contributed by atoms with Gasteiger partial charge in [-0.05, 0) is 44.9 Å². The van der Waals surface area contributed by atoms with E-state index >= 15 is 0 Å². The number of hydrogen-bond donors (Lipinski definition) is 2. The van der Waals surface area contributed by atoms with Gasteiger partial charge in [-0.25, -0.2) is 9.78 Å². The van der Waals surface area contributed by atoms with Crippen molar-refractivity contribution in [1.29, 1.82) is 0 Å². The van der Waals surface area contributed by atoms with E-state index in [-0.39, 0.29) is 11.7 Å². The minimum Gasteiger partial charge on any atom is -0.477 e. The zero-order valence-corrected chi connectivity index (χ0v) is 12.7. The van der Waals surface area contributed by atoms with Crippen molar-refractivity contribution in [3.63, 3.8) is 0 Å². The number of nitrogens with zero attached hydrogens (tertiary/aromatic N) is 3. The van der Waals surface area contributed by atoms with Gasteiger partial charge < -0.3 is 10.4 Å². The van der Waals surface area contributed by atoms with E-state index in [4.69, 9.17) is 5.11 Å². The van der Waals surface area contributed by atoms with Gasteiger partial charge in [0, 0.05) is 18.8 Å². The first kappa shape index (κ1) is 15.0. The molecule has 0 aliphatic heterocycles. The van der Waals surface area contributed by atoms with Gasteiger partial charge in [-0.1, -0.05) is 6.07 Å². The van der Waals surface area contributed by atoms with Crippen molar-refractivity contribution < 1.29 is 9.90 Å². The molecule has 0 bridgehead atoms.